The molecular weight excluding hydrogens is 381 g/mol. The van der Waals surface area contributed by atoms with Crippen LogP contribution in [0, 0.1) is 0 Å². The Morgan fingerprint density at radius 2 is 1.67 bits per heavy atom. The molecule has 0 aromatic heterocycles. The van der Waals surface area contributed by atoms with Gasteiger partial charge in [-0.2, -0.15) is 0 Å². The summed E-state index contributed by atoms with van der Waals surface area (Å²) in [5.74, 6) is 1.45. The van der Waals surface area contributed by atoms with Crippen LogP contribution in [0.3, 0.4) is 0 Å². The molecule has 140 valence electrons. The third kappa shape index (κ3) is 5.56. The third-order valence-electron chi connectivity index (χ3n) is 4.13. The summed E-state index contributed by atoms with van der Waals surface area (Å²) in [5.41, 5.74) is 3.15. The first-order valence-electron chi connectivity index (χ1n) is 8.68. The van der Waals surface area contributed by atoms with E-state index in [4.69, 9.17) is 32.7 Å². The van der Waals surface area contributed by atoms with E-state index in [-0.39, 0.29) is 0 Å². The second-order valence-corrected chi connectivity index (χ2v) is 6.89. The van der Waals surface area contributed by atoms with Crippen molar-refractivity contribution in [3.63, 3.8) is 0 Å². The summed E-state index contributed by atoms with van der Waals surface area (Å²) in [6.45, 7) is 1.21. The van der Waals surface area contributed by atoms with Crippen LogP contribution in [0.15, 0.2) is 66.7 Å². The van der Waals surface area contributed by atoms with Crippen molar-refractivity contribution in [2.45, 2.75) is 13.0 Å². The second kappa shape index (κ2) is 9.54. The first-order valence-corrected chi connectivity index (χ1v) is 9.44. The Morgan fingerprint density at radius 1 is 0.852 bits per heavy atom. The van der Waals surface area contributed by atoms with Crippen LogP contribution in [0.5, 0.6) is 11.5 Å². The van der Waals surface area contributed by atoms with Crippen molar-refractivity contribution in [2.75, 3.05) is 19.0 Å². The Labute approximate surface area is 169 Å². The molecule has 0 radical (unpaired) electrons. The minimum absolute atomic E-state index is 0.593. The highest BCUT2D eigenvalue weighted by molar-refractivity contribution is 6.36. The molecule has 0 spiro atoms. The van der Waals surface area contributed by atoms with Gasteiger partial charge in [0.1, 0.15) is 0 Å². The molecule has 5 heteroatoms. The van der Waals surface area contributed by atoms with E-state index in [1.165, 1.54) is 5.56 Å². The quantitative estimate of drug-likeness (QED) is 0.484. The molecule has 3 aromatic rings. The van der Waals surface area contributed by atoms with Crippen LogP contribution in [0.25, 0.3) is 0 Å². The van der Waals surface area contributed by atoms with E-state index in [1.807, 2.05) is 42.5 Å². The van der Waals surface area contributed by atoms with E-state index in [2.05, 4.69) is 17.4 Å². The summed E-state index contributed by atoms with van der Waals surface area (Å²) in [4.78, 5) is 0. The zero-order valence-corrected chi connectivity index (χ0v) is 16.6. The van der Waals surface area contributed by atoms with E-state index in [9.17, 15) is 0 Å². The van der Waals surface area contributed by atoms with Crippen molar-refractivity contribution in [2.24, 2.45) is 0 Å². The highest BCUT2D eigenvalue weighted by Crippen LogP contribution is 2.30. The molecule has 0 atom stereocenters. The zero-order chi connectivity index (χ0) is 19.1. The minimum Gasteiger partial charge on any atom is -0.493 e. The van der Waals surface area contributed by atoms with Gasteiger partial charge in [0.2, 0.25) is 0 Å². The van der Waals surface area contributed by atoms with E-state index in [0.29, 0.717) is 28.9 Å². The molecule has 0 saturated heterocycles. The normalized spacial score (nSPS) is 10.5. The Morgan fingerprint density at radius 3 is 2.41 bits per heavy atom. The summed E-state index contributed by atoms with van der Waals surface area (Å²) >= 11 is 12.1. The van der Waals surface area contributed by atoms with Crippen molar-refractivity contribution in [3.8, 4) is 11.5 Å². The summed E-state index contributed by atoms with van der Waals surface area (Å²) in [7, 11) is 1.65. The molecule has 0 bridgehead atoms. The number of hydrogen-bond acceptors (Lipinski definition) is 3. The number of hydrogen-bond donors (Lipinski definition) is 1. The fourth-order valence-electron chi connectivity index (χ4n) is 2.69. The molecule has 0 amide bonds. The van der Waals surface area contributed by atoms with Crippen molar-refractivity contribution in [1.82, 2.24) is 0 Å². The zero-order valence-electron chi connectivity index (χ0n) is 15.0. The van der Waals surface area contributed by atoms with Crippen LogP contribution in [0.1, 0.15) is 11.1 Å². The van der Waals surface area contributed by atoms with Gasteiger partial charge < -0.3 is 14.8 Å². The number of rotatable bonds is 8. The lowest BCUT2D eigenvalue weighted by Gasteiger charge is -2.13. The Bertz CT molecular complexity index is 885. The topological polar surface area (TPSA) is 30.5 Å². The minimum atomic E-state index is 0.593. The Balaban J connectivity index is 1.59. The first-order chi connectivity index (χ1) is 13.2. The predicted molar refractivity (Wildman–Crippen MR) is 112 cm³/mol. The number of methoxy groups -OCH3 is 1. The summed E-state index contributed by atoms with van der Waals surface area (Å²) in [6.07, 6.45) is 0.850. The largest absolute Gasteiger partial charge is 0.493 e. The van der Waals surface area contributed by atoms with Gasteiger partial charge in [0.15, 0.2) is 11.5 Å². The van der Waals surface area contributed by atoms with Gasteiger partial charge in [-0.05, 0) is 41.5 Å². The number of nitrogens with one attached hydrogen (secondary N) is 1. The standard InChI is InChI=1S/C22H21Cl2NO2/c1-26-22-13-17(15-25-20-9-8-18(23)14-19(20)24)7-10-21(22)27-12-11-16-5-3-2-4-6-16/h2-10,13-14,25H,11-12,15H2,1H3. The van der Waals surface area contributed by atoms with Gasteiger partial charge in [-0.15, -0.1) is 0 Å². The Kier molecular flexibility index (Phi) is 6.86. The predicted octanol–water partition coefficient (Wildman–Crippen LogP) is 6.24. The molecule has 0 heterocycles. The van der Waals surface area contributed by atoms with Gasteiger partial charge >= 0.3 is 0 Å². The molecule has 0 fully saturated rings. The first kappa shape index (κ1) is 19.4. The number of halogens is 2. The van der Waals surface area contributed by atoms with Crippen molar-refractivity contribution >= 4 is 28.9 Å². The number of ether oxygens (including phenoxy) is 2. The summed E-state index contributed by atoms with van der Waals surface area (Å²) in [5, 5.41) is 4.51. The lowest BCUT2D eigenvalue weighted by molar-refractivity contribution is 0.297. The lowest BCUT2D eigenvalue weighted by Crippen LogP contribution is -2.04. The molecule has 3 aromatic carbocycles. The van der Waals surface area contributed by atoms with Crippen molar-refractivity contribution in [1.29, 1.82) is 0 Å². The van der Waals surface area contributed by atoms with Gasteiger partial charge in [-0.3, -0.25) is 0 Å². The van der Waals surface area contributed by atoms with Gasteiger partial charge in [0.25, 0.3) is 0 Å². The van der Waals surface area contributed by atoms with Crippen molar-refractivity contribution in [3.05, 3.63) is 87.9 Å². The maximum Gasteiger partial charge on any atom is 0.161 e. The number of anilines is 1. The van der Waals surface area contributed by atoms with Crippen LogP contribution in [-0.2, 0) is 13.0 Å². The van der Waals surface area contributed by atoms with Crippen LogP contribution in [-0.4, -0.2) is 13.7 Å². The summed E-state index contributed by atoms with van der Waals surface area (Å²) in [6, 6.07) is 21.6. The van der Waals surface area contributed by atoms with Crippen LogP contribution >= 0.6 is 23.2 Å². The third-order valence-corrected chi connectivity index (χ3v) is 4.68. The smallest absolute Gasteiger partial charge is 0.161 e. The summed E-state index contributed by atoms with van der Waals surface area (Å²) < 4.78 is 11.4. The fourth-order valence-corrected chi connectivity index (χ4v) is 3.17. The fraction of sp³-hybridized carbons (Fsp3) is 0.182. The second-order valence-electron chi connectivity index (χ2n) is 6.05. The maximum absolute atomic E-state index is 6.20. The highest BCUT2D eigenvalue weighted by Gasteiger charge is 2.07. The van der Waals surface area contributed by atoms with E-state index >= 15 is 0 Å². The SMILES string of the molecule is COc1cc(CNc2ccc(Cl)cc2Cl)ccc1OCCc1ccccc1. The molecule has 0 aliphatic rings. The van der Waals surface area contributed by atoms with Gasteiger partial charge in [-0.1, -0.05) is 59.6 Å². The van der Waals surface area contributed by atoms with Gasteiger partial charge in [-0.25, -0.2) is 0 Å². The van der Waals surface area contributed by atoms with Crippen molar-refractivity contribution < 1.29 is 9.47 Å². The van der Waals surface area contributed by atoms with Gasteiger partial charge in [0, 0.05) is 18.0 Å². The molecule has 3 rings (SSSR count). The number of benzene rings is 3. The maximum atomic E-state index is 6.20. The molecule has 1 N–H and O–H groups in total. The van der Waals surface area contributed by atoms with E-state index in [1.54, 1.807) is 19.2 Å². The van der Waals surface area contributed by atoms with Gasteiger partial charge in [0.05, 0.1) is 24.4 Å². The van der Waals surface area contributed by atoms with Crippen LogP contribution in [0.4, 0.5) is 5.69 Å². The van der Waals surface area contributed by atoms with E-state index in [0.717, 1.165) is 23.4 Å². The van der Waals surface area contributed by atoms with E-state index < -0.39 is 0 Å². The Hall–Kier alpha value is -2.36. The molecule has 0 aliphatic heterocycles. The molecule has 0 unspecified atom stereocenters. The molecular formula is C22H21Cl2NO2. The molecule has 3 nitrogen and oxygen atoms in total. The molecule has 0 saturated carbocycles. The lowest BCUT2D eigenvalue weighted by atomic mass is 10.1. The average molecular weight is 402 g/mol. The molecule has 27 heavy (non-hydrogen) atoms. The average Bonchev–Trinajstić information content (AvgIpc) is 2.69. The van der Waals surface area contributed by atoms with Crippen LogP contribution in [0.2, 0.25) is 10.0 Å². The highest BCUT2D eigenvalue weighted by atomic mass is 35.5. The monoisotopic (exact) mass is 401 g/mol. The molecule has 0 aliphatic carbocycles. The van der Waals surface area contributed by atoms with Crippen LogP contribution < -0.4 is 14.8 Å².